The highest BCUT2D eigenvalue weighted by Crippen LogP contribution is 2.28. The van der Waals surface area contributed by atoms with Crippen molar-refractivity contribution >= 4 is 17.4 Å². The van der Waals surface area contributed by atoms with E-state index >= 15 is 0 Å². The zero-order valence-corrected chi connectivity index (χ0v) is 11.1. The Hall–Kier alpha value is -0.830. The zero-order valence-electron chi connectivity index (χ0n) is 10.4. The van der Waals surface area contributed by atoms with Crippen molar-refractivity contribution < 1.29 is 4.39 Å². The predicted molar refractivity (Wildman–Crippen MR) is 66.5 cm³/mol. The summed E-state index contributed by atoms with van der Waals surface area (Å²) in [5.74, 6) is -0.0436. The van der Waals surface area contributed by atoms with Gasteiger partial charge >= 0.3 is 0 Å². The van der Waals surface area contributed by atoms with Gasteiger partial charge in [0.2, 0.25) is 0 Å². The lowest BCUT2D eigenvalue weighted by Gasteiger charge is -2.36. The number of pyridine rings is 1. The Kier molecular flexibility index (Phi) is 3.79. The van der Waals surface area contributed by atoms with Crippen LogP contribution in [0.25, 0.3) is 0 Å². The molecule has 1 unspecified atom stereocenters. The van der Waals surface area contributed by atoms with Crippen LogP contribution in [0, 0.1) is 11.2 Å². The minimum atomic E-state index is -0.383. The summed E-state index contributed by atoms with van der Waals surface area (Å²) in [4.78, 5) is 5.87. The highest BCUT2D eigenvalue weighted by atomic mass is 35.5. The maximum Gasteiger partial charge on any atom is 0.167 e. The molecule has 4 heteroatoms. The van der Waals surface area contributed by atoms with E-state index in [1.807, 2.05) is 11.9 Å². The van der Waals surface area contributed by atoms with Crippen LogP contribution in [-0.2, 0) is 0 Å². The summed E-state index contributed by atoms with van der Waals surface area (Å²) in [6, 6.07) is 1.46. The summed E-state index contributed by atoms with van der Waals surface area (Å²) in [5, 5.41) is 0.318. The SMILES string of the molecule is CC(N(C)c1ncc(Cl)cc1F)C(C)(C)C. The molecule has 0 aliphatic carbocycles. The van der Waals surface area contributed by atoms with Crippen molar-refractivity contribution in [1.82, 2.24) is 4.98 Å². The Morgan fingerprint density at radius 2 is 2.00 bits per heavy atom. The number of anilines is 1. The van der Waals surface area contributed by atoms with E-state index in [-0.39, 0.29) is 17.3 Å². The Morgan fingerprint density at radius 3 is 2.44 bits per heavy atom. The standard InChI is InChI=1S/C12H18ClFN2/c1-8(12(2,3)4)16(5)11-10(14)6-9(13)7-15-11/h6-8H,1-5H3. The summed E-state index contributed by atoms with van der Waals surface area (Å²) in [6.45, 7) is 8.39. The van der Waals surface area contributed by atoms with Crippen LogP contribution >= 0.6 is 11.6 Å². The van der Waals surface area contributed by atoms with E-state index in [1.54, 1.807) is 0 Å². The van der Waals surface area contributed by atoms with Gasteiger partial charge in [-0.3, -0.25) is 0 Å². The molecule has 16 heavy (non-hydrogen) atoms. The molecule has 1 aromatic heterocycles. The van der Waals surface area contributed by atoms with E-state index in [0.29, 0.717) is 10.8 Å². The average molecular weight is 245 g/mol. The van der Waals surface area contributed by atoms with Gasteiger partial charge in [-0.2, -0.15) is 0 Å². The summed E-state index contributed by atoms with van der Waals surface area (Å²) in [5.41, 5.74) is 0.0580. The second-order valence-corrected chi connectivity index (χ2v) is 5.55. The third kappa shape index (κ3) is 2.85. The van der Waals surface area contributed by atoms with Gasteiger partial charge in [0.05, 0.1) is 5.02 Å². The van der Waals surface area contributed by atoms with Crippen LogP contribution < -0.4 is 4.90 Å². The molecular weight excluding hydrogens is 227 g/mol. The Balaban J connectivity index is 3.01. The van der Waals surface area contributed by atoms with Gasteiger partial charge in [-0.15, -0.1) is 0 Å². The number of hydrogen-bond donors (Lipinski definition) is 0. The van der Waals surface area contributed by atoms with Crippen molar-refractivity contribution in [3.8, 4) is 0 Å². The molecule has 1 rings (SSSR count). The van der Waals surface area contributed by atoms with E-state index in [2.05, 4.69) is 32.7 Å². The quantitative estimate of drug-likeness (QED) is 0.788. The molecule has 0 fully saturated rings. The molecular formula is C12H18ClFN2. The van der Waals surface area contributed by atoms with Crippen LogP contribution in [0.1, 0.15) is 27.7 Å². The largest absolute Gasteiger partial charge is 0.354 e. The first-order valence-electron chi connectivity index (χ1n) is 5.27. The predicted octanol–water partition coefficient (Wildman–Crippen LogP) is 3.74. The lowest BCUT2D eigenvalue weighted by molar-refractivity contribution is 0.327. The second-order valence-electron chi connectivity index (χ2n) is 5.11. The van der Waals surface area contributed by atoms with Crippen molar-refractivity contribution in [3.63, 3.8) is 0 Å². The highest BCUT2D eigenvalue weighted by Gasteiger charge is 2.26. The number of aromatic nitrogens is 1. The monoisotopic (exact) mass is 244 g/mol. The summed E-state index contributed by atoms with van der Waals surface area (Å²) in [7, 11) is 1.84. The molecule has 0 aliphatic heterocycles. The molecule has 0 N–H and O–H groups in total. The first-order chi connectivity index (χ1) is 7.23. The van der Waals surface area contributed by atoms with E-state index in [1.165, 1.54) is 12.3 Å². The third-order valence-corrected chi connectivity index (χ3v) is 3.16. The smallest absolute Gasteiger partial charge is 0.167 e. The van der Waals surface area contributed by atoms with E-state index < -0.39 is 0 Å². The minimum absolute atomic E-state index is 0.0580. The van der Waals surface area contributed by atoms with Gasteiger partial charge in [-0.25, -0.2) is 9.37 Å². The number of rotatable bonds is 2. The third-order valence-electron chi connectivity index (χ3n) is 2.96. The fourth-order valence-electron chi connectivity index (χ4n) is 1.43. The van der Waals surface area contributed by atoms with Crippen LogP contribution in [0.2, 0.25) is 5.02 Å². The molecule has 0 amide bonds. The molecule has 0 saturated heterocycles. The molecule has 1 atom stereocenters. The lowest BCUT2D eigenvalue weighted by atomic mass is 9.87. The maximum atomic E-state index is 13.7. The molecule has 90 valence electrons. The molecule has 0 aromatic carbocycles. The minimum Gasteiger partial charge on any atom is -0.354 e. The van der Waals surface area contributed by atoms with Gasteiger partial charge in [0.25, 0.3) is 0 Å². The van der Waals surface area contributed by atoms with Gasteiger partial charge in [-0.05, 0) is 18.4 Å². The zero-order chi connectivity index (χ0) is 12.5. The normalized spacial score (nSPS) is 13.7. The summed E-state index contributed by atoms with van der Waals surface area (Å²) >= 11 is 5.67. The first-order valence-corrected chi connectivity index (χ1v) is 5.65. The van der Waals surface area contributed by atoms with Gasteiger partial charge in [0.15, 0.2) is 11.6 Å². The van der Waals surface area contributed by atoms with Crippen molar-refractivity contribution in [2.45, 2.75) is 33.7 Å². The van der Waals surface area contributed by atoms with Crippen LogP contribution in [0.3, 0.4) is 0 Å². The second kappa shape index (κ2) is 4.58. The summed E-state index contributed by atoms with van der Waals surface area (Å²) in [6.07, 6.45) is 1.46. The molecule has 0 spiro atoms. The molecule has 1 heterocycles. The fraction of sp³-hybridized carbons (Fsp3) is 0.583. The van der Waals surface area contributed by atoms with Crippen LogP contribution in [0.4, 0.5) is 10.2 Å². The molecule has 1 aromatic rings. The van der Waals surface area contributed by atoms with E-state index in [9.17, 15) is 4.39 Å². The van der Waals surface area contributed by atoms with Gasteiger partial charge in [0.1, 0.15) is 0 Å². The molecule has 0 saturated carbocycles. The Labute approximate surface area is 101 Å². The van der Waals surface area contributed by atoms with Gasteiger partial charge in [-0.1, -0.05) is 32.4 Å². The molecule has 0 bridgehead atoms. The molecule has 0 radical (unpaired) electrons. The lowest BCUT2D eigenvalue weighted by Crippen LogP contribution is -2.40. The highest BCUT2D eigenvalue weighted by molar-refractivity contribution is 6.30. The van der Waals surface area contributed by atoms with Crippen molar-refractivity contribution in [1.29, 1.82) is 0 Å². The molecule has 2 nitrogen and oxygen atoms in total. The van der Waals surface area contributed by atoms with Gasteiger partial charge < -0.3 is 4.90 Å². The Morgan fingerprint density at radius 1 is 1.44 bits per heavy atom. The van der Waals surface area contributed by atoms with Gasteiger partial charge in [0, 0.05) is 19.3 Å². The summed E-state index contributed by atoms with van der Waals surface area (Å²) < 4.78 is 13.7. The van der Waals surface area contributed by atoms with E-state index in [0.717, 1.165) is 0 Å². The number of halogens is 2. The van der Waals surface area contributed by atoms with Crippen molar-refractivity contribution in [2.75, 3.05) is 11.9 Å². The van der Waals surface area contributed by atoms with E-state index in [4.69, 9.17) is 11.6 Å². The number of nitrogens with zero attached hydrogens (tertiary/aromatic N) is 2. The van der Waals surface area contributed by atoms with Crippen molar-refractivity contribution in [3.05, 3.63) is 23.1 Å². The fourth-order valence-corrected chi connectivity index (χ4v) is 1.58. The maximum absolute atomic E-state index is 13.7. The first kappa shape index (κ1) is 13.2. The topological polar surface area (TPSA) is 16.1 Å². The van der Waals surface area contributed by atoms with Crippen LogP contribution in [0.15, 0.2) is 12.3 Å². The van der Waals surface area contributed by atoms with Crippen LogP contribution in [0.5, 0.6) is 0 Å². The number of hydrogen-bond acceptors (Lipinski definition) is 2. The van der Waals surface area contributed by atoms with Crippen molar-refractivity contribution in [2.24, 2.45) is 5.41 Å². The Bertz CT molecular complexity index is 374. The van der Waals surface area contributed by atoms with Crippen LogP contribution in [-0.4, -0.2) is 18.1 Å². The molecule has 0 aliphatic rings. The average Bonchev–Trinajstić information content (AvgIpc) is 2.14.